The van der Waals surface area contributed by atoms with Gasteiger partial charge < -0.3 is 10.6 Å². The maximum absolute atomic E-state index is 11.6. The minimum absolute atomic E-state index is 0.0429. The molecule has 0 atom stereocenters. The third-order valence-corrected chi connectivity index (χ3v) is 3.32. The predicted octanol–water partition coefficient (Wildman–Crippen LogP) is 2.23. The van der Waals surface area contributed by atoms with Gasteiger partial charge in [-0.1, -0.05) is 26.0 Å². The number of hydrogen-bond acceptors (Lipinski definition) is 2. The smallest absolute Gasteiger partial charge is 0.234 e. The molecule has 0 radical (unpaired) electrons. The highest BCUT2D eigenvalue weighted by Gasteiger charge is 2.06. The van der Waals surface area contributed by atoms with E-state index in [2.05, 4.69) is 43.5 Å². The van der Waals surface area contributed by atoms with Crippen LogP contribution >= 0.6 is 0 Å². The number of carbonyl (C=O) groups is 1. The maximum atomic E-state index is 11.6. The van der Waals surface area contributed by atoms with Crippen molar-refractivity contribution >= 4 is 5.91 Å². The van der Waals surface area contributed by atoms with Crippen LogP contribution < -0.4 is 10.6 Å². The first-order valence-corrected chi connectivity index (χ1v) is 6.47. The first-order valence-electron chi connectivity index (χ1n) is 6.47. The number of amides is 1. The van der Waals surface area contributed by atoms with E-state index in [-0.39, 0.29) is 5.91 Å². The Kier molecular flexibility index (Phi) is 5.35. The van der Waals surface area contributed by atoms with E-state index in [9.17, 15) is 4.79 Å². The van der Waals surface area contributed by atoms with Gasteiger partial charge in [0.1, 0.15) is 0 Å². The lowest BCUT2D eigenvalue weighted by Crippen LogP contribution is -2.36. The molecule has 0 spiro atoms. The molecule has 0 fully saturated rings. The summed E-state index contributed by atoms with van der Waals surface area (Å²) in [5.41, 5.74) is 5.06. The number of rotatable bonds is 5. The van der Waals surface area contributed by atoms with Crippen molar-refractivity contribution in [3.63, 3.8) is 0 Å². The van der Waals surface area contributed by atoms with E-state index >= 15 is 0 Å². The molecule has 1 aromatic rings. The van der Waals surface area contributed by atoms with Crippen molar-refractivity contribution in [2.75, 3.05) is 6.54 Å². The molecule has 0 unspecified atom stereocenters. The van der Waals surface area contributed by atoms with Crippen LogP contribution in [-0.2, 0) is 11.3 Å². The Hall–Kier alpha value is -1.35. The van der Waals surface area contributed by atoms with Crippen molar-refractivity contribution < 1.29 is 4.79 Å². The topological polar surface area (TPSA) is 41.1 Å². The monoisotopic (exact) mass is 248 g/mol. The fourth-order valence-corrected chi connectivity index (χ4v) is 1.76. The van der Waals surface area contributed by atoms with Crippen molar-refractivity contribution in [3.05, 3.63) is 34.4 Å². The van der Waals surface area contributed by atoms with Crippen LogP contribution in [0.15, 0.2) is 12.1 Å². The van der Waals surface area contributed by atoms with Crippen LogP contribution in [0.2, 0.25) is 0 Å². The lowest BCUT2D eigenvalue weighted by molar-refractivity contribution is -0.120. The summed E-state index contributed by atoms with van der Waals surface area (Å²) in [6.07, 6.45) is 0. The number of aryl methyl sites for hydroxylation is 1. The van der Waals surface area contributed by atoms with E-state index in [1.807, 2.05) is 13.8 Å². The first-order chi connectivity index (χ1) is 8.41. The molecule has 0 aromatic heterocycles. The van der Waals surface area contributed by atoms with Gasteiger partial charge >= 0.3 is 0 Å². The number of carbonyl (C=O) groups excluding carboxylic acids is 1. The number of benzene rings is 1. The van der Waals surface area contributed by atoms with Crippen LogP contribution in [0.4, 0.5) is 0 Å². The van der Waals surface area contributed by atoms with Gasteiger partial charge in [0, 0.05) is 12.6 Å². The summed E-state index contributed by atoms with van der Waals surface area (Å²) in [6.45, 7) is 11.4. The molecule has 0 aliphatic heterocycles. The molecule has 0 heterocycles. The highest BCUT2D eigenvalue weighted by molar-refractivity contribution is 5.78. The van der Waals surface area contributed by atoms with Crippen molar-refractivity contribution in [2.24, 2.45) is 0 Å². The van der Waals surface area contributed by atoms with Gasteiger partial charge in [0.15, 0.2) is 0 Å². The van der Waals surface area contributed by atoms with Crippen molar-refractivity contribution in [3.8, 4) is 0 Å². The Morgan fingerprint density at radius 1 is 1.17 bits per heavy atom. The van der Waals surface area contributed by atoms with Gasteiger partial charge in [-0.25, -0.2) is 0 Å². The summed E-state index contributed by atoms with van der Waals surface area (Å²) < 4.78 is 0. The van der Waals surface area contributed by atoms with Crippen molar-refractivity contribution in [1.29, 1.82) is 0 Å². The molecule has 0 saturated heterocycles. The fraction of sp³-hybridized carbons (Fsp3) is 0.533. The lowest BCUT2D eigenvalue weighted by atomic mass is 9.99. The largest absolute Gasteiger partial charge is 0.351 e. The van der Waals surface area contributed by atoms with Crippen LogP contribution in [0.5, 0.6) is 0 Å². The zero-order valence-electron chi connectivity index (χ0n) is 12.1. The Bertz CT molecular complexity index is 425. The van der Waals surface area contributed by atoms with Gasteiger partial charge in [-0.05, 0) is 43.0 Å². The predicted molar refractivity (Wildman–Crippen MR) is 75.6 cm³/mol. The van der Waals surface area contributed by atoms with E-state index in [0.29, 0.717) is 19.1 Å². The van der Waals surface area contributed by atoms with E-state index in [0.717, 1.165) is 0 Å². The number of nitrogens with one attached hydrogen (secondary N) is 2. The SMILES string of the molecule is Cc1ccc(CNC(=O)CNC(C)C)c(C)c1C. The van der Waals surface area contributed by atoms with Gasteiger partial charge in [0.2, 0.25) is 5.91 Å². The molecule has 100 valence electrons. The molecule has 0 aliphatic rings. The van der Waals surface area contributed by atoms with Crippen LogP contribution in [0, 0.1) is 20.8 Å². The molecule has 1 rings (SSSR count). The Balaban J connectivity index is 2.54. The molecule has 0 aliphatic carbocycles. The molecule has 3 heteroatoms. The Morgan fingerprint density at radius 2 is 1.83 bits per heavy atom. The summed E-state index contributed by atoms with van der Waals surface area (Å²) in [5.74, 6) is 0.0429. The molecule has 0 bridgehead atoms. The van der Waals surface area contributed by atoms with E-state index < -0.39 is 0 Å². The highest BCUT2D eigenvalue weighted by atomic mass is 16.1. The summed E-state index contributed by atoms with van der Waals surface area (Å²) in [7, 11) is 0. The quantitative estimate of drug-likeness (QED) is 0.839. The van der Waals surface area contributed by atoms with Gasteiger partial charge in [0.25, 0.3) is 0 Å². The Morgan fingerprint density at radius 3 is 2.44 bits per heavy atom. The van der Waals surface area contributed by atoms with Gasteiger partial charge in [0.05, 0.1) is 6.54 Å². The van der Waals surface area contributed by atoms with Crippen LogP contribution in [0.3, 0.4) is 0 Å². The van der Waals surface area contributed by atoms with Crippen molar-refractivity contribution in [1.82, 2.24) is 10.6 Å². The third kappa shape index (κ3) is 4.15. The summed E-state index contributed by atoms with van der Waals surface area (Å²) in [4.78, 5) is 11.6. The highest BCUT2D eigenvalue weighted by Crippen LogP contribution is 2.16. The minimum Gasteiger partial charge on any atom is -0.351 e. The van der Waals surface area contributed by atoms with Crippen LogP contribution in [-0.4, -0.2) is 18.5 Å². The minimum atomic E-state index is 0.0429. The molecule has 1 amide bonds. The summed E-state index contributed by atoms with van der Waals surface area (Å²) >= 11 is 0. The standard InChI is InChI=1S/C15H24N2O/c1-10(2)16-9-15(18)17-8-14-7-6-11(3)12(4)13(14)5/h6-7,10,16H,8-9H2,1-5H3,(H,17,18). The summed E-state index contributed by atoms with van der Waals surface area (Å²) in [5, 5.41) is 6.04. The van der Waals surface area contributed by atoms with E-state index in [1.54, 1.807) is 0 Å². The van der Waals surface area contributed by atoms with Crippen LogP contribution in [0.25, 0.3) is 0 Å². The normalized spacial score (nSPS) is 10.8. The second-order valence-electron chi connectivity index (χ2n) is 5.10. The molecule has 0 saturated carbocycles. The summed E-state index contributed by atoms with van der Waals surface area (Å²) in [6, 6.07) is 4.53. The maximum Gasteiger partial charge on any atom is 0.234 e. The molecule has 2 N–H and O–H groups in total. The van der Waals surface area contributed by atoms with Gasteiger partial charge in [-0.2, -0.15) is 0 Å². The average Bonchev–Trinajstić information content (AvgIpc) is 2.32. The van der Waals surface area contributed by atoms with Gasteiger partial charge in [-0.3, -0.25) is 4.79 Å². The van der Waals surface area contributed by atoms with E-state index in [1.165, 1.54) is 22.3 Å². The average molecular weight is 248 g/mol. The van der Waals surface area contributed by atoms with E-state index in [4.69, 9.17) is 0 Å². The molecular formula is C15H24N2O. The Labute approximate surface area is 110 Å². The molecule has 3 nitrogen and oxygen atoms in total. The number of hydrogen-bond donors (Lipinski definition) is 2. The van der Waals surface area contributed by atoms with Crippen LogP contribution in [0.1, 0.15) is 36.1 Å². The first kappa shape index (κ1) is 14.7. The second kappa shape index (κ2) is 6.55. The second-order valence-corrected chi connectivity index (χ2v) is 5.10. The molecule has 1 aromatic carbocycles. The molecule has 18 heavy (non-hydrogen) atoms. The third-order valence-electron chi connectivity index (χ3n) is 3.32. The van der Waals surface area contributed by atoms with Gasteiger partial charge in [-0.15, -0.1) is 0 Å². The molecular weight excluding hydrogens is 224 g/mol. The fourth-order valence-electron chi connectivity index (χ4n) is 1.76. The van der Waals surface area contributed by atoms with Crippen molar-refractivity contribution in [2.45, 2.75) is 47.2 Å². The zero-order chi connectivity index (χ0) is 13.7. The lowest BCUT2D eigenvalue weighted by Gasteiger charge is -2.13. The zero-order valence-corrected chi connectivity index (χ0v) is 12.1.